The molecule has 0 spiro atoms. The van der Waals surface area contributed by atoms with Crippen LogP contribution in [0.3, 0.4) is 0 Å². The minimum atomic E-state index is -4.56. The van der Waals surface area contributed by atoms with Crippen LogP contribution in [0.5, 0.6) is 0 Å². The first kappa shape index (κ1) is 15.3. The molecule has 1 heterocycles. The molecule has 0 bridgehead atoms. The molecule has 0 N–H and O–H groups in total. The molecule has 7 heteroatoms. The van der Waals surface area contributed by atoms with Crippen LogP contribution < -0.4 is 4.90 Å². The molecule has 0 aliphatic carbocycles. The highest BCUT2D eigenvalue weighted by molar-refractivity contribution is 6.00. The average molecular weight is 301 g/mol. The van der Waals surface area contributed by atoms with Crippen molar-refractivity contribution in [3.05, 3.63) is 29.3 Å². The van der Waals surface area contributed by atoms with E-state index in [9.17, 15) is 22.8 Å². The quantitative estimate of drug-likeness (QED) is 0.789. The molecule has 1 aromatic rings. The zero-order valence-corrected chi connectivity index (χ0v) is 11.5. The van der Waals surface area contributed by atoms with E-state index in [1.54, 1.807) is 6.92 Å². The third kappa shape index (κ3) is 3.01. The fourth-order valence-corrected chi connectivity index (χ4v) is 2.37. The fraction of sp³-hybridized carbons (Fsp3) is 0.429. The first-order chi connectivity index (χ1) is 9.74. The van der Waals surface area contributed by atoms with E-state index in [4.69, 9.17) is 0 Å². The monoisotopic (exact) mass is 301 g/mol. The lowest BCUT2D eigenvalue weighted by Gasteiger charge is -2.22. The Bertz CT molecular complexity index is 583. The highest BCUT2D eigenvalue weighted by Crippen LogP contribution is 2.39. The van der Waals surface area contributed by atoms with Crippen molar-refractivity contribution in [2.45, 2.75) is 19.5 Å². The van der Waals surface area contributed by atoms with Gasteiger partial charge in [-0.1, -0.05) is 6.07 Å². The van der Waals surface area contributed by atoms with Crippen molar-refractivity contribution in [1.29, 1.82) is 0 Å². The van der Waals surface area contributed by atoms with Crippen molar-refractivity contribution >= 4 is 17.6 Å². The van der Waals surface area contributed by atoms with Gasteiger partial charge < -0.3 is 9.64 Å². The molecular weight excluding hydrogens is 287 g/mol. The third-order valence-corrected chi connectivity index (χ3v) is 3.41. The van der Waals surface area contributed by atoms with Gasteiger partial charge in [0.2, 0.25) is 5.91 Å². The second-order valence-electron chi connectivity index (χ2n) is 4.95. The molecule has 0 saturated carbocycles. The number of rotatable bonds is 2. The molecule has 4 nitrogen and oxygen atoms in total. The van der Waals surface area contributed by atoms with Gasteiger partial charge in [-0.25, -0.2) is 0 Å². The number of nitrogens with zero attached hydrogens (tertiary/aromatic N) is 1. The summed E-state index contributed by atoms with van der Waals surface area (Å²) in [4.78, 5) is 24.4. The maximum Gasteiger partial charge on any atom is 0.418 e. The molecule has 0 aromatic heterocycles. The molecule has 2 rings (SSSR count). The highest BCUT2D eigenvalue weighted by atomic mass is 19.4. The van der Waals surface area contributed by atoms with Gasteiger partial charge in [0.05, 0.1) is 24.3 Å². The Balaban J connectivity index is 2.40. The number of benzene rings is 1. The van der Waals surface area contributed by atoms with E-state index in [0.29, 0.717) is 5.56 Å². The summed E-state index contributed by atoms with van der Waals surface area (Å²) in [7, 11) is 1.18. The SMILES string of the molecule is COC(=O)C1CC(=O)N(c2cc(C)ccc2C(F)(F)F)C1. The van der Waals surface area contributed by atoms with Gasteiger partial charge in [0.15, 0.2) is 0 Å². The van der Waals surface area contributed by atoms with Crippen LogP contribution in [0.1, 0.15) is 17.5 Å². The minimum absolute atomic E-state index is 0.0992. The predicted molar refractivity (Wildman–Crippen MR) is 68.7 cm³/mol. The van der Waals surface area contributed by atoms with Gasteiger partial charge in [-0.2, -0.15) is 13.2 Å². The smallest absolute Gasteiger partial charge is 0.418 e. The van der Waals surface area contributed by atoms with E-state index in [2.05, 4.69) is 4.74 Å². The number of ether oxygens (including phenoxy) is 1. The number of alkyl halides is 3. The van der Waals surface area contributed by atoms with Crippen molar-refractivity contribution in [3.63, 3.8) is 0 Å². The average Bonchev–Trinajstić information content (AvgIpc) is 2.78. The van der Waals surface area contributed by atoms with Crippen LogP contribution in [0.25, 0.3) is 0 Å². The summed E-state index contributed by atoms with van der Waals surface area (Å²) in [5, 5.41) is 0. The van der Waals surface area contributed by atoms with Crippen LogP contribution in [-0.4, -0.2) is 25.5 Å². The molecule has 1 aromatic carbocycles. The van der Waals surface area contributed by atoms with Crippen molar-refractivity contribution in [1.82, 2.24) is 0 Å². The lowest BCUT2D eigenvalue weighted by molar-refractivity contribution is -0.145. The summed E-state index contributed by atoms with van der Waals surface area (Å²) in [6.07, 6.45) is -4.70. The number of methoxy groups -OCH3 is 1. The minimum Gasteiger partial charge on any atom is -0.469 e. The molecule has 1 saturated heterocycles. The van der Waals surface area contributed by atoms with Crippen LogP contribution >= 0.6 is 0 Å². The number of hydrogen-bond donors (Lipinski definition) is 0. The van der Waals surface area contributed by atoms with Gasteiger partial charge in [-0.15, -0.1) is 0 Å². The summed E-state index contributed by atoms with van der Waals surface area (Å²) >= 11 is 0. The second kappa shape index (κ2) is 5.38. The summed E-state index contributed by atoms with van der Waals surface area (Å²) in [5.74, 6) is -1.84. The molecule has 1 fully saturated rings. The second-order valence-corrected chi connectivity index (χ2v) is 4.95. The summed E-state index contributed by atoms with van der Waals surface area (Å²) in [6, 6.07) is 3.59. The lowest BCUT2D eigenvalue weighted by Crippen LogP contribution is -2.28. The van der Waals surface area contributed by atoms with E-state index in [1.165, 1.54) is 19.2 Å². The number of amides is 1. The normalized spacial score (nSPS) is 19.0. The summed E-state index contributed by atoms with van der Waals surface area (Å²) in [6.45, 7) is 1.54. The molecule has 0 radical (unpaired) electrons. The van der Waals surface area contributed by atoms with Gasteiger partial charge >= 0.3 is 12.1 Å². The van der Waals surface area contributed by atoms with Crippen molar-refractivity contribution in [2.24, 2.45) is 5.92 Å². The van der Waals surface area contributed by atoms with Crippen LogP contribution in [0.4, 0.5) is 18.9 Å². The maximum atomic E-state index is 13.1. The molecular formula is C14H14F3NO3. The number of aryl methyl sites for hydroxylation is 1. The Morgan fingerprint density at radius 2 is 2.05 bits per heavy atom. The summed E-state index contributed by atoms with van der Waals surface area (Å²) in [5.41, 5.74) is -0.488. The van der Waals surface area contributed by atoms with Crippen molar-refractivity contribution in [3.8, 4) is 0 Å². The topological polar surface area (TPSA) is 46.6 Å². The van der Waals surface area contributed by atoms with E-state index >= 15 is 0 Å². The first-order valence-corrected chi connectivity index (χ1v) is 6.30. The van der Waals surface area contributed by atoms with Gasteiger partial charge in [0.25, 0.3) is 0 Å². The number of carbonyl (C=O) groups excluding carboxylic acids is 2. The number of carbonyl (C=O) groups is 2. The molecule has 114 valence electrons. The highest BCUT2D eigenvalue weighted by Gasteiger charge is 2.41. The standard InChI is InChI=1S/C14H14F3NO3/c1-8-3-4-10(14(15,16)17)11(5-8)18-7-9(6-12(18)19)13(20)21-2/h3-5,9H,6-7H2,1-2H3. The van der Waals surface area contributed by atoms with Gasteiger partial charge in [-0.05, 0) is 24.6 Å². The van der Waals surface area contributed by atoms with E-state index in [1.807, 2.05) is 0 Å². The van der Waals surface area contributed by atoms with E-state index in [0.717, 1.165) is 11.0 Å². The Hall–Kier alpha value is -2.05. The molecule has 1 aliphatic heterocycles. The van der Waals surface area contributed by atoms with Crippen molar-refractivity contribution in [2.75, 3.05) is 18.6 Å². The number of anilines is 1. The molecule has 1 aliphatic rings. The largest absolute Gasteiger partial charge is 0.469 e. The first-order valence-electron chi connectivity index (χ1n) is 6.30. The zero-order chi connectivity index (χ0) is 15.8. The fourth-order valence-electron chi connectivity index (χ4n) is 2.37. The Morgan fingerprint density at radius 1 is 1.38 bits per heavy atom. The Kier molecular flexibility index (Phi) is 3.93. The zero-order valence-electron chi connectivity index (χ0n) is 11.5. The van der Waals surface area contributed by atoms with Gasteiger partial charge in [0.1, 0.15) is 0 Å². The van der Waals surface area contributed by atoms with Gasteiger partial charge in [0, 0.05) is 13.0 Å². The maximum absolute atomic E-state index is 13.1. The summed E-state index contributed by atoms with van der Waals surface area (Å²) < 4.78 is 43.7. The number of halogens is 3. The number of esters is 1. The Morgan fingerprint density at radius 3 is 2.62 bits per heavy atom. The Labute approximate surface area is 119 Å². The van der Waals surface area contributed by atoms with Crippen LogP contribution in [0, 0.1) is 12.8 Å². The number of hydrogen-bond acceptors (Lipinski definition) is 3. The van der Waals surface area contributed by atoms with Crippen LogP contribution in [0.15, 0.2) is 18.2 Å². The molecule has 1 unspecified atom stereocenters. The van der Waals surface area contributed by atoms with Crippen LogP contribution in [0.2, 0.25) is 0 Å². The lowest BCUT2D eigenvalue weighted by atomic mass is 10.1. The predicted octanol–water partition coefficient (Wildman–Crippen LogP) is 2.54. The molecule has 1 amide bonds. The van der Waals surface area contributed by atoms with Crippen LogP contribution in [-0.2, 0) is 20.5 Å². The molecule has 21 heavy (non-hydrogen) atoms. The van der Waals surface area contributed by atoms with Gasteiger partial charge in [-0.3, -0.25) is 9.59 Å². The van der Waals surface area contributed by atoms with E-state index < -0.39 is 29.5 Å². The third-order valence-electron chi connectivity index (χ3n) is 3.41. The molecule has 1 atom stereocenters. The van der Waals surface area contributed by atoms with Crippen molar-refractivity contribution < 1.29 is 27.5 Å². The van der Waals surface area contributed by atoms with E-state index in [-0.39, 0.29) is 18.7 Å².